The molecule has 4 nitrogen and oxygen atoms in total. The molecule has 1 atom stereocenters. The quantitative estimate of drug-likeness (QED) is 0.557. The second kappa shape index (κ2) is 4.98. The molecule has 0 fully saturated rings. The Morgan fingerprint density at radius 1 is 1.12 bits per heavy atom. The van der Waals surface area contributed by atoms with Crippen LogP contribution in [0.4, 0.5) is 11.4 Å². The fourth-order valence-corrected chi connectivity index (χ4v) is 4.40. The summed E-state index contributed by atoms with van der Waals surface area (Å²) in [6.45, 7) is 4.35. The molecule has 26 heavy (non-hydrogen) atoms. The van der Waals surface area contributed by atoms with Gasteiger partial charge in [-0.2, -0.15) is 0 Å². The number of pyridine rings is 1. The van der Waals surface area contributed by atoms with E-state index in [9.17, 15) is 0 Å². The van der Waals surface area contributed by atoms with E-state index in [0.29, 0.717) is 0 Å². The maximum atomic E-state index is 6.65. The molecule has 1 unspecified atom stereocenters. The zero-order chi connectivity index (χ0) is 18.1. The van der Waals surface area contributed by atoms with Gasteiger partial charge in [-0.3, -0.25) is 9.98 Å². The highest BCUT2D eigenvalue weighted by molar-refractivity contribution is 6.30. The lowest BCUT2D eigenvalue weighted by Crippen LogP contribution is -2.61. The van der Waals surface area contributed by atoms with Crippen LogP contribution in [-0.2, 0) is 5.41 Å². The van der Waals surface area contributed by atoms with Gasteiger partial charge in [0.1, 0.15) is 11.4 Å². The first kappa shape index (κ1) is 15.6. The zero-order valence-electron chi connectivity index (χ0n) is 14.8. The molecule has 0 saturated heterocycles. The summed E-state index contributed by atoms with van der Waals surface area (Å²) >= 11 is 6.27. The molecular weight excluding hydrogens is 346 g/mol. The molecule has 0 aliphatic carbocycles. The van der Waals surface area contributed by atoms with Crippen LogP contribution in [0.15, 0.2) is 53.8 Å². The molecule has 130 valence electrons. The molecular formula is C21H18ClN3O. The fourth-order valence-electron chi connectivity index (χ4n) is 4.23. The molecule has 0 N–H and O–H groups in total. The number of aliphatic imine (C=N–C) groups is 1. The van der Waals surface area contributed by atoms with Gasteiger partial charge in [0.25, 0.3) is 0 Å². The van der Waals surface area contributed by atoms with E-state index in [0.717, 1.165) is 38.5 Å². The number of ether oxygens (including phenoxy) is 1. The van der Waals surface area contributed by atoms with Crippen LogP contribution in [0.5, 0.6) is 5.75 Å². The van der Waals surface area contributed by atoms with Gasteiger partial charge in [0.15, 0.2) is 0 Å². The Morgan fingerprint density at radius 2 is 1.96 bits per heavy atom. The smallest absolute Gasteiger partial charge is 0.228 e. The number of fused-ring (bicyclic) bond motifs is 4. The van der Waals surface area contributed by atoms with Crippen LogP contribution in [0, 0.1) is 0 Å². The summed E-state index contributed by atoms with van der Waals surface area (Å²) in [5.74, 6) is 0.782. The van der Waals surface area contributed by atoms with E-state index in [1.165, 1.54) is 0 Å². The highest BCUT2D eigenvalue weighted by atomic mass is 35.5. The number of aromatic nitrogens is 1. The van der Waals surface area contributed by atoms with Gasteiger partial charge in [-0.1, -0.05) is 11.6 Å². The summed E-state index contributed by atoms with van der Waals surface area (Å²) in [7, 11) is 2.05. The molecule has 2 aromatic carbocycles. The van der Waals surface area contributed by atoms with Gasteiger partial charge in [0.2, 0.25) is 5.72 Å². The van der Waals surface area contributed by atoms with Crippen molar-refractivity contribution in [2.75, 3.05) is 11.9 Å². The lowest BCUT2D eigenvalue weighted by Gasteiger charge is -2.44. The van der Waals surface area contributed by atoms with Crippen molar-refractivity contribution >= 4 is 40.0 Å². The normalized spacial score (nSPS) is 22.4. The van der Waals surface area contributed by atoms with Crippen LogP contribution in [0.2, 0.25) is 5.02 Å². The number of benzene rings is 2. The fraction of sp³-hybridized carbons (Fsp3) is 0.238. The molecule has 0 saturated carbocycles. The summed E-state index contributed by atoms with van der Waals surface area (Å²) in [4.78, 5) is 11.2. The van der Waals surface area contributed by atoms with E-state index < -0.39 is 5.72 Å². The Morgan fingerprint density at radius 3 is 2.81 bits per heavy atom. The number of likely N-dealkylation sites (N-methyl/N-ethyl adjacent to an activating group) is 1. The summed E-state index contributed by atoms with van der Waals surface area (Å²) in [5, 5.41) is 2.83. The molecule has 1 spiro atoms. The molecule has 2 aliphatic rings. The third kappa shape index (κ3) is 1.80. The Labute approximate surface area is 157 Å². The summed E-state index contributed by atoms with van der Waals surface area (Å²) in [6.07, 6.45) is 5.56. The zero-order valence-corrected chi connectivity index (χ0v) is 15.6. The highest BCUT2D eigenvalue weighted by Gasteiger charge is 2.58. The maximum absolute atomic E-state index is 6.65. The third-order valence-corrected chi connectivity index (χ3v) is 6.01. The minimum absolute atomic E-state index is 0.323. The summed E-state index contributed by atoms with van der Waals surface area (Å²) in [6, 6.07) is 12.0. The van der Waals surface area contributed by atoms with Gasteiger partial charge >= 0.3 is 0 Å². The van der Waals surface area contributed by atoms with E-state index in [2.05, 4.69) is 23.7 Å². The molecule has 5 rings (SSSR count). The molecule has 3 aromatic rings. The molecule has 3 heterocycles. The Balaban J connectivity index is 1.71. The van der Waals surface area contributed by atoms with Crippen LogP contribution in [0.1, 0.15) is 19.4 Å². The van der Waals surface area contributed by atoms with Crippen molar-refractivity contribution in [3.05, 3.63) is 59.4 Å². The summed E-state index contributed by atoms with van der Waals surface area (Å²) in [5.41, 5.74) is 2.10. The van der Waals surface area contributed by atoms with Crippen LogP contribution in [-0.4, -0.2) is 24.0 Å². The van der Waals surface area contributed by atoms with Gasteiger partial charge in [-0.15, -0.1) is 0 Å². The number of nitrogens with zero attached hydrogens (tertiary/aromatic N) is 3. The first-order valence-electron chi connectivity index (χ1n) is 8.59. The van der Waals surface area contributed by atoms with E-state index in [1.54, 1.807) is 6.20 Å². The molecule has 5 heteroatoms. The largest absolute Gasteiger partial charge is 0.459 e. The number of hydrogen-bond acceptors (Lipinski definition) is 4. The van der Waals surface area contributed by atoms with Crippen molar-refractivity contribution in [2.24, 2.45) is 4.99 Å². The van der Waals surface area contributed by atoms with Crippen molar-refractivity contribution in [2.45, 2.75) is 25.0 Å². The average molecular weight is 364 g/mol. The molecule has 1 aromatic heterocycles. The van der Waals surface area contributed by atoms with E-state index in [1.807, 2.05) is 55.9 Å². The van der Waals surface area contributed by atoms with E-state index in [4.69, 9.17) is 21.3 Å². The van der Waals surface area contributed by atoms with Gasteiger partial charge in [-0.05, 0) is 55.8 Å². The Bertz CT molecular complexity index is 1090. The topological polar surface area (TPSA) is 37.7 Å². The average Bonchev–Trinajstić information content (AvgIpc) is 2.80. The second-order valence-electron chi connectivity index (χ2n) is 7.41. The van der Waals surface area contributed by atoms with Crippen molar-refractivity contribution in [1.29, 1.82) is 0 Å². The SMILES string of the molecule is CN1c2ccc(Cl)cc2C(C)(C)C12C=Nc1c(ccc3cnccc13)O2. The number of hydrogen-bond donors (Lipinski definition) is 0. The van der Waals surface area contributed by atoms with Gasteiger partial charge < -0.3 is 9.64 Å². The van der Waals surface area contributed by atoms with Crippen molar-refractivity contribution < 1.29 is 4.74 Å². The minimum atomic E-state index is -0.701. The maximum Gasteiger partial charge on any atom is 0.228 e. The van der Waals surface area contributed by atoms with Gasteiger partial charge in [-0.25, -0.2) is 0 Å². The number of rotatable bonds is 0. The number of halogens is 1. The van der Waals surface area contributed by atoms with Gasteiger partial charge in [0, 0.05) is 40.9 Å². The van der Waals surface area contributed by atoms with Crippen molar-refractivity contribution in [1.82, 2.24) is 4.98 Å². The predicted molar refractivity (Wildman–Crippen MR) is 106 cm³/mol. The van der Waals surface area contributed by atoms with E-state index in [-0.39, 0.29) is 5.41 Å². The van der Waals surface area contributed by atoms with E-state index >= 15 is 0 Å². The monoisotopic (exact) mass is 363 g/mol. The molecule has 0 amide bonds. The molecule has 0 bridgehead atoms. The summed E-state index contributed by atoms with van der Waals surface area (Å²) < 4.78 is 6.65. The van der Waals surface area contributed by atoms with Crippen LogP contribution >= 0.6 is 11.6 Å². The first-order chi connectivity index (χ1) is 12.4. The van der Waals surface area contributed by atoms with Crippen LogP contribution < -0.4 is 9.64 Å². The second-order valence-corrected chi connectivity index (χ2v) is 7.85. The molecule has 0 radical (unpaired) electrons. The molecule has 2 aliphatic heterocycles. The van der Waals surface area contributed by atoms with Crippen molar-refractivity contribution in [3.63, 3.8) is 0 Å². The Hall–Kier alpha value is -2.59. The highest BCUT2D eigenvalue weighted by Crippen LogP contribution is 2.54. The minimum Gasteiger partial charge on any atom is -0.459 e. The van der Waals surface area contributed by atoms with Gasteiger partial charge in [0.05, 0.1) is 11.6 Å². The third-order valence-electron chi connectivity index (χ3n) is 5.78. The lowest BCUT2D eigenvalue weighted by atomic mass is 9.77. The standard InChI is InChI=1S/C21H18ClN3O/c1-20(2)16-10-14(22)5-6-17(16)25(3)21(20)12-24-19-15-8-9-23-11-13(15)4-7-18(19)26-21/h4-12H,1-3H3. The van der Waals surface area contributed by atoms with Crippen LogP contribution in [0.3, 0.4) is 0 Å². The first-order valence-corrected chi connectivity index (χ1v) is 8.97. The number of anilines is 1. The van der Waals surface area contributed by atoms with Crippen molar-refractivity contribution in [3.8, 4) is 5.75 Å². The van der Waals surface area contributed by atoms with Crippen LogP contribution in [0.25, 0.3) is 10.8 Å². The predicted octanol–water partition coefficient (Wildman–Crippen LogP) is 5.11. The Kier molecular flexibility index (Phi) is 3.00. The lowest BCUT2D eigenvalue weighted by molar-refractivity contribution is 0.0826.